The van der Waals surface area contributed by atoms with Crippen LogP contribution in [0.5, 0.6) is 0 Å². The van der Waals surface area contributed by atoms with Crippen molar-refractivity contribution in [1.82, 2.24) is 20.3 Å². The van der Waals surface area contributed by atoms with E-state index in [-0.39, 0.29) is 18.0 Å². The molecule has 0 unspecified atom stereocenters. The molecule has 2 N–H and O–H groups in total. The first-order chi connectivity index (χ1) is 11.1. The average Bonchev–Trinajstić information content (AvgIpc) is 3.00. The Morgan fingerprint density at radius 1 is 1.13 bits per heavy atom. The summed E-state index contributed by atoms with van der Waals surface area (Å²) < 4.78 is 1.62. The number of carbonyl (C=O) groups is 2. The van der Waals surface area contributed by atoms with Gasteiger partial charge in [-0.15, -0.1) is 5.10 Å². The summed E-state index contributed by atoms with van der Waals surface area (Å²) in [7, 11) is 0. The Morgan fingerprint density at radius 2 is 1.91 bits per heavy atom. The highest BCUT2D eigenvalue weighted by Crippen LogP contribution is 2.03. The Morgan fingerprint density at radius 3 is 2.65 bits per heavy atom. The molecular weight excluding hydrogens is 296 g/mol. The van der Waals surface area contributed by atoms with Crippen molar-refractivity contribution in [1.29, 1.82) is 0 Å². The van der Waals surface area contributed by atoms with Gasteiger partial charge in [-0.2, -0.15) is 0 Å². The van der Waals surface area contributed by atoms with E-state index >= 15 is 0 Å². The highest BCUT2D eigenvalue weighted by atomic mass is 16.4. The summed E-state index contributed by atoms with van der Waals surface area (Å²) in [6.07, 6.45) is 3.93. The maximum atomic E-state index is 11.9. The molecule has 1 aromatic heterocycles. The summed E-state index contributed by atoms with van der Waals surface area (Å²) >= 11 is 0. The van der Waals surface area contributed by atoms with Gasteiger partial charge in [0.15, 0.2) is 5.69 Å². The van der Waals surface area contributed by atoms with E-state index in [0.29, 0.717) is 19.5 Å². The molecule has 0 saturated heterocycles. The summed E-state index contributed by atoms with van der Waals surface area (Å²) in [5, 5.41) is 19.1. The molecule has 0 spiro atoms. The number of unbranched alkanes of at least 4 members (excludes halogenated alkanes) is 2. The van der Waals surface area contributed by atoms with Gasteiger partial charge >= 0.3 is 5.97 Å². The molecule has 122 valence electrons. The fourth-order valence-electron chi connectivity index (χ4n) is 2.12. The predicted molar refractivity (Wildman–Crippen MR) is 84.0 cm³/mol. The van der Waals surface area contributed by atoms with Gasteiger partial charge in [0, 0.05) is 13.0 Å². The van der Waals surface area contributed by atoms with Gasteiger partial charge in [0.25, 0.3) is 5.91 Å². The second-order valence-corrected chi connectivity index (χ2v) is 5.25. The van der Waals surface area contributed by atoms with E-state index in [0.717, 1.165) is 18.4 Å². The van der Waals surface area contributed by atoms with Gasteiger partial charge < -0.3 is 10.4 Å². The van der Waals surface area contributed by atoms with Crippen LogP contribution in [0.1, 0.15) is 41.7 Å². The van der Waals surface area contributed by atoms with Crippen molar-refractivity contribution in [3.63, 3.8) is 0 Å². The van der Waals surface area contributed by atoms with E-state index < -0.39 is 5.97 Å². The maximum Gasteiger partial charge on any atom is 0.303 e. The molecule has 0 radical (unpaired) electrons. The highest BCUT2D eigenvalue weighted by Gasteiger charge is 2.10. The van der Waals surface area contributed by atoms with Crippen LogP contribution in [0, 0.1) is 0 Å². The van der Waals surface area contributed by atoms with Crippen LogP contribution in [-0.4, -0.2) is 38.5 Å². The first-order valence-electron chi connectivity index (χ1n) is 7.59. The zero-order valence-corrected chi connectivity index (χ0v) is 12.8. The van der Waals surface area contributed by atoms with Crippen molar-refractivity contribution in [3.05, 3.63) is 47.8 Å². The lowest BCUT2D eigenvalue weighted by molar-refractivity contribution is -0.137. The Kier molecular flexibility index (Phi) is 6.28. The molecule has 0 bridgehead atoms. The number of hydrogen-bond donors (Lipinski definition) is 2. The van der Waals surface area contributed by atoms with Crippen LogP contribution < -0.4 is 5.32 Å². The van der Waals surface area contributed by atoms with E-state index in [2.05, 4.69) is 15.6 Å². The van der Waals surface area contributed by atoms with E-state index in [9.17, 15) is 9.59 Å². The summed E-state index contributed by atoms with van der Waals surface area (Å²) in [6.45, 7) is 1.07. The van der Waals surface area contributed by atoms with Crippen molar-refractivity contribution in [2.75, 3.05) is 6.54 Å². The number of nitrogens with zero attached hydrogens (tertiary/aromatic N) is 3. The van der Waals surface area contributed by atoms with Crippen LogP contribution >= 0.6 is 0 Å². The van der Waals surface area contributed by atoms with Crippen LogP contribution in [0.4, 0.5) is 0 Å². The normalized spacial score (nSPS) is 10.4. The van der Waals surface area contributed by atoms with Crippen molar-refractivity contribution < 1.29 is 14.7 Å². The number of hydrogen-bond acceptors (Lipinski definition) is 4. The molecule has 23 heavy (non-hydrogen) atoms. The molecule has 1 amide bonds. The molecule has 1 heterocycles. The molecule has 7 heteroatoms. The monoisotopic (exact) mass is 316 g/mol. The van der Waals surface area contributed by atoms with Gasteiger partial charge in [-0.1, -0.05) is 42.0 Å². The SMILES string of the molecule is O=C(O)CCCCCNC(=O)c1cn(Cc2ccccc2)nn1. The van der Waals surface area contributed by atoms with Crippen LogP contribution in [0.25, 0.3) is 0 Å². The molecule has 0 fully saturated rings. The first-order valence-corrected chi connectivity index (χ1v) is 7.59. The van der Waals surface area contributed by atoms with Gasteiger partial charge in [0.1, 0.15) is 0 Å². The van der Waals surface area contributed by atoms with Crippen molar-refractivity contribution in [3.8, 4) is 0 Å². The number of benzene rings is 1. The van der Waals surface area contributed by atoms with Crippen LogP contribution in [0.15, 0.2) is 36.5 Å². The molecule has 2 rings (SSSR count). The van der Waals surface area contributed by atoms with Crippen molar-refractivity contribution >= 4 is 11.9 Å². The van der Waals surface area contributed by atoms with Gasteiger partial charge in [0.2, 0.25) is 0 Å². The smallest absolute Gasteiger partial charge is 0.303 e. The minimum absolute atomic E-state index is 0.168. The lowest BCUT2D eigenvalue weighted by atomic mass is 10.2. The molecule has 0 aliphatic carbocycles. The molecule has 0 saturated carbocycles. The molecule has 1 aromatic carbocycles. The van der Waals surface area contributed by atoms with Gasteiger partial charge in [0.05, 0.1) is 12.7 Å². The number of carbonyl (C=O) groups excluding carboxylic acids is 1. The summed E-state index contributed by atoms with van der Waals surface area (Å²) in [5.41, 5.74) is 1.37. The Balaban J connectivity index is 1.72. The third-order valence-electron chi connectivity index (χ3n) is 3.31. The third kappa shape index (κ3) is 5.90. The zero-order chi connectivity index (χ0) is 16.5. The Bertz CT molecular complexity index is 640. The molecule has 0 aliphatic rings. The second kappa shape index (κ2) is 8.67. The van der Waals surface area contributed by atoms with Crippen molar-refractivity contribution in [2.24, 2.45) is 0 Å². The van der Waals surface area contributed by atoms with Crippen LogP contribution in [-0.2, 0) is 11.3 Å². The quantitative estimate of drug-likeness (QED) is 0.686. The summed E-state index contributed by atoms with van der Waals surface area (Å²) in [5.74, 6) is -1.05. The van der Waals surface area contributed by atoms with Gasteiger partial charge in [-0.3, -0.25) is 9.59 Å². The van der Waals surface area contributed by atoms with E-state index in [1.54, 1.807) is 10.9 Å². The summed E-state index contributed by atoms with van der Waals surface area (Å²) in [6, 6.07) is 9.81. The number of nitrogens with one attached hydrogen (secondary N) is 1. The fraction of sp³-hybridized carbons (Fsp3) is 0.375. The number of rotatable bonds is 9. The molecule has 0 aliphatic heterocycles. The number of amides is 1. The number of aliphatic carboxylic acids is 1. The molecule has 0 atom stereocenters. The van der Waals surface area contributed by atoms with Crippen molar-refractivity contribution in [2.45, 2.75) is 32.2 Å². The number of carboxylic acids is 1. The largest absolute Gasteiger partial charge is 0.481 e. The Labute approximate surface area is 134 Å². The molecule has 7 nitrogen and oxygen atoms in total. The standard InChI is InChI=1S/C16H20N4O3/c21-15(22)9-5-2-6-10-17-16(23)14-12-20(19-18-14)11-13-7-3-1-4-8-13/h1,3-4,7-8,12H,2,5-6,9-11H2,(H,17,23)(H,21,22). The van der Waals surface area contributed by atoms with E-state index in [1.807, 2.05) is 30.3 Å². The lowest BCUT2D eigenvalue weighted by Crippen LogP contribution is -2.24. The number of carboxylic acid groups (broad SMARTS) is 1. The molecule has 2 aromatic rings. The minimum Gasteiger partial charge on any atom is -0.481 e. The third-order valence-corrected chi connectivity index (χ3v) is 3.31. The summed E-state index contributed by atoms with van der Waals surface area (Å²) in [4.78, 5) is 22.3. The van der Waals surface area contributed by atoms with Gasteiger partial charge in [-0.05, 0) is 18.4 Å². The molecular formula is C16H20N4O3. The second-order valence-electron chi connectivity index (χ2n) is 5.25. The Hall–Kier alpha value is -2.70. The maximum absolute atomic E-state index is 11.9. The average molecular weight is 316 g/mol. The van der Waals surface area contributed by atoms with Gasteiger partial charge in [-0.25, -0.2) is 4.68 Å². The predicted octanol–water partition coefficient (Wildman–Crippen LogP) is 1.70. The number of aromatic nitrogens is 3. The fourth-order valence-corrected chi connectivity index (χ4v) is 2.12. The van der Waals surface area contributed by atoms with Crippen LogP contribution in [0.3, 0.4) is 0 Å². The van der Waals surface area contributed by atoms with E-state index in [1.165, 1.54) is 0 Å². The first kappa shape index (κ1) is 16.7. The minimum atomic E-state index is -0.788. The lowest BCUT2D eigenvalue weighted by Gasteiger charge is -2.02. The highest BCUT2D eigenvalue weighted by molar-refractivity contribution is 5.91. The zero-order valence-electron chi connectivity index (χ0n) is 12.8. The van der Waals surface area contributed by atoms with E-state index in [4.69, 9.17) is 5.11 Å². The topological polar surface area (TPSA) is 97.1 Å². The van der Waals surface area contributed by atoms with Crippen LogP contribution in [0.2, 0.25) is 0 Å².